The normalized spacial score (nSPS) is 17.9. The van der Waals surface area contributed by atoms with Gasteiger partial charge in [0.15, 0.2) is 0 Å². The monoisotopic (exact) mass is 330 g/mol. The van der Waals surface area contributed by atoms with Gasteiger partial charge in [-0.15, -0.1) is 24.2 Å². The predicted molar refractivity (Wildman–Crippen MR) is 89.2 cm³/mol. The Morgan fingerprint density at radius 1 is 1.52 bits per heavy atom. The lowest BCUT2D eigenvalue weighted by atomic mass is 10.1. The van der Waals surface area contributed by atoms with E-state index in [1.807, 2.05) is 13.1 Å². The van der Waals surface area contributed by atoms with E-state index in [9.17, 15) is 4.79 Å². The number of amides is 1. The van der Waals surface area contributed by atoms with Gasteiger partial charge >= 0.3 is 0 Å². The molecule has 0 saturated carbocycles. The topological polar surface area (TPSA) is 41.6 Å². The molecular formula is C15H23ClN2O2S. The number of nitrogens with zero attached hydrogens (tertiary/aromatic N) is 1. The van der Waals surface area contributed by atoms with E-state index < -0.39 is 0 Å². The van der Waals surface area contributed by atoms with Crippen molar-refractivity contribution in [1.82, 2.24) is 10.2 Å². The maximum Gasteiger partial charge on any atom is 0.224 e. The van der Waals surface area contributed by atoms with E-state index in [2.05, 4.69) is 29.8 Å². The third kappa shape index (κ3) is 5.87. The zero-order valence-corrected chi connectivity index (χ0v) is 14.1. The minimum absolute atomic E-state index is 0. The molecule has 1 unspecified atom stereocenters. The number of carbonyl (C=O) groups excluding carboxylic acids is 1. The molecule has 0 aliphatic carbocycles. The number of halogens is 1. The minimum atomic E-state index is 0. The fourth-order valence-corrected chi connectivity index (χ4v) is 2.73. The van der Waals surface area contributed by atoms with Crippen LogP contribution < -0.4 is 5.32 Å². The van der Waals surface area contributed by atoms with Gasteiger partial charge in [-0.05, 0) is 24.0 Å². The van der Waals surface area contributed by atoms with Crippen molar-refractivity contribution in [1.29, 1.82) is 0 Å². The van der Waals surface area contributed by atoms with Crippen LogP contribution in [0.15, 0.2) is 29.2 Å². The molecular weight excluding hydrogens is 308 g/mol. The first kappa shape index (κ1) is 18.3. The van der Waals surface area contributed by atoms with Crippen LogP contribution in [0.25, 0.3) is 0 Å². The molecule has 1 aromatic carbocycles. The van der Waals surface area contributed by atoms with E-state index in [4.69, 9.17) is 4.74 Å². The largest absolute Gasteiger partial charge is 0.378 e. The van der Waals surface area contributed by atoms with Gasteiger partial charge in [0.05, 0.1) is 13.2 Å². The highest BCUT2D eigenvalue weighted by Crippen LogP contribution is 2.17. The van der Waals surface area contributed by atoms with Gasteiger partial charge in [0, 0.05) is 37.5 Å². The van der Waals surface area contributed by atoms with Crippen molar-refractivity contribution in [3.8, 4) is 0 Å². The Morgan fingerprint density at radius 2 is 2.33 bits per heavy atom. The zero-order chi connectivity index (χ0) is 14.4. The van der Waals surface area contributed by atoms with Gasteiger partial charge in [0.2, 0.25) is 5.91 Å². The quantitative estimate of drug-likeness (QED) is 0.840. The molecule has 1 aromatic rings. The SMILES string of the molecule is CSc1cccc(CN(C)C(=O)CC2COCCN2)c1.Cl. The average molecular weight is 331 g/mol. The Hall–Kier alpha value is -0.750. The number of rotatable bonds is 5. The first-order chi connectivity index (χ1) is 9.69. The van der Waals surface area contributed by atoms with Crippen molar-refractivity contribution in [2.45, 2.75) is 23.9 Å². The van der Waals surface area contributed by atoms with Crippen molar-refractivity contribution in [3.05, 3.63) is 29.8 Å². The average Bonchev–Trinajstić information content (AvgIpc) is 2.48. The number of nitrogens with one attached hydrogen (secondary N) is 1. The van der Waals surface area contributed by atoms with Gasteiger partial charge < -0.3 is 15.0 Å². The van der Waals surface area contributed by atoms with Crippen LogP contribution in [0.1, 0.15) is 12.0 Å². The Labute approximate surface area is 137 Å². The number of thioether (sulfide) groups is 1. The number of morpholine rings is 1. The van der Waals surface area contributed by atoms with Gasteiger partial charge in [-0.3, -0.25) is 4.79 Å². The molecule has 1 aliphatic rings. The zero-order valence-electron chi connectivity index (χ0n) is 12.5. The minimum Gasteiger partial charge on any atom is -0.378 e. The second-order valence-corrected chi connectivity index (χ2v) is 5.91. The number of carbonyl (C=O) groups is 1. The number of hydrogen-bond acceptors (Lipinski definition) is 4. The lowest BCUT2D eigenvalue weighted by molar-refractivity contribution is -0.131. The molecule has 0 radical (unpaired) electrons. The Bertz CT molecular complexity index is 453. The summed E-state index contributed by atoms with van der Waals surface area (Å²) in [6, 6.07) is 8.47. The Morgan fingerprint density at radius 3 is 3.00 bits per heavy atom. The highest BCUT2D eigenvalue weighted by molar-refractivity contribution is 7.98. The van der Waals surface area contributed by atoms with Crippen LogP contribution in [0.3, 0.4) is 0 Å². The van der Waals surface area contributed by atoms with Crippen molar-refractivity contribution in [2.24, 2.45) is 0 Å². The summed E-state index contributed by atoms with van der Waals surface area (Å²) in [5, 5.41) is 3.31. The summed E-state index contributed by atoms with van der Waals surface area (Å²) < 4.78 is 5.38. The number of hydrogen-bond donors (Lipinski definition) is 1. The first-order valence-corrected chi connectivity index (χ1v) is 8.09. The Balaban J connectivity index is 0.00000220. The molecule has 4 nitrogen and oxygen atoms in total. The summed E-state index contributed by atoms with van der Waals surface area (Å²) >= 11 is 1.72. The van der Waals surface area contributed by atoms with Gasteiger partial charge in [-0.25, -0.2) is 0 Å². The highest BCUT2D eigenvalue weighted by Gasteiger charge is 2.19. The molecule has 0 bridgehead atoms. The van der Waals surface area contributed by atoms with E-state index in [0.29, 0.717) is 19.6 Å². The van der Waals surface area contributed by atoms with Gasteiger partial charge in [0.25, 0.3) is 0 Å². The van der Waals surface area contributed by atoms with Gasteiger partial charge in [-0.1, -0.05) is 12.1 Å². The maximum absolute atomic E-state index is 12.2. The summed E-state index contributed by atoms with van der Waals surface area (Å²) in [6.45, 7) is 2.85. The fourth-order valence-electron chi connectivity index (χ4n) is 2.25. The van der Waals surface area contributed by atoms with Crippen LogP contribution in [0.2, 0.25) is 0 Å². The molecule has 1 atom stereocenters. The van der Waals surface area contributed by atoms with Crippen LogP contribution in [-0.4, -0.2) is 49.9 Å². The second kappa shape index (κ2) is 9.30. The van der Waals surface area contributed by atoms with E-state index in [1.165, 1.54) is 10.5 Å². The Kier molecular flexibility index (Phi) is 8.11. The molecule has 21 heavy (non-hydrogen) atoms. The summed E-state index contributed by atoms with van der Waals surface area (Å²) in [4.78, 5) is 15.2. The van der Waals surface area contributed by atoms with Crippen molar-refractivity contribution in [3.63, 3.8) is 0 Å². The number of ether oxygens (including phenoxy) is 1. The fraction of sp³-hybridized carbons (Fsp3) is 0.533. The second-order valence-electron chi connectivity index (χ2n) is 5.03. The van der Waals surface area contributed by atoms with Crippen molar-refractivity contribution in [2.75, 3.05) is 33.1 Å². The first-order valence-electron chi connectivity index (χ1n) is 6.87. The van der Waals surface area contributed by atoms with Gasteiger partial charge in [-0.2, -0.15) is 0 Å². The third-order valence-electron chi connectivity index (χ3n) is 3.40. The molecule has 2 rings (SSSR count). The summed E-state index contributed by atoms with van der Waals surface area (Å²) in [5.41, 5.74) is 1.17. The lowest BCUT2D eigenvalue weighted by Crippen LogP contribution is -2.44. The van der Waals surface area contributed by atoms with Gasteiger partial charge in [0.1, 0.15) is 0 Å². The van der Waals surface area contributed by atoms with Crippen LogP contribution in [0.4, 0.5) is 0 Å². The smallest absolute Gasteiger partial charge is 0.224 e. The molecule has 6 heteroatoms. The molecule has 1 saturated heterocycles. The summed E-state index contributed by atoms with van der Waals surface area (Å²) in [5.74, 6) is 0.155. The molecule has 1 heterocycles. The molecule has 0 spiro atoms. The molecule has 1 N–H and O–H groups in total. The molecule has 1 aliphatic heterocycles. The predicted octanol–water partition coefficient (Wildman–Crippen LogP) is 2.17. The molecule has 0 aromatic heterocycles. The maximum atomic E-state index is 12.2. The molecule has 1 amide bonds. The highest BCUT2D eigenvalue weighted by atomic mass is 35.5. The van der Waals surface area contributed by atoms with Crippen LogP contribution in [0.5, 0.6) is 0 Å². The van der Waals surface area contributed by atoms with Crippen molar-refractivity contribution < 1.29 is 9.53 Å². The van der Waals surface area contributed by atoms with E-state index >= 15 is 0 Å². The summed E-state index contributed by atoms with van der Waals surface area (Å²) in [6.07, 6.45) is 2.56. The molecule has 1 fully saturated rings. The van der Waals surface area contributed by atoms with Crippen LogP contribution >= 0.6 is 24.2 Å². The van der Waals surface area contributed by atoms with E-state index in [-0.39, 0.29) is 24.4 Å². The van der Waals surface area contributed by atoms with Crippen LogP contribution in [-0.2, 0) is 16.1 Å². The van der Waals surface area contributed by atoms with Crippen molar-refractivity contribution >= 4 is 30.1 Å². The van der Waals surface area contributed by atoms with Crippen LogP contribution in [0, 0.1) is 0 Å². The van der Waals surface area contributed by atoms with E-state index in [1.54, 1.807) is 16.7 Å². The summed E-state index contributed by atoms with van der Waals surface area (Å²) in [7, 11) is 1.86. The standard InChI is InChI=1S/C15H22N2O2S.ClH/c1-17(10-12-4-3-5-14(8-12)20-2)15(18)9-13-11-19-7-6-16-13;/h3-5,8,13,16H,6-7,9-11H2,1-2H3;1H. The molecule has 118 valence electrons. The number of benzene rings is 1. The van der Waals surface area contributed by atoms with E-state index in [0.717, 1.165) is 13.2 Å². The lowest BCUT2D eigenvalue weighted by Gasteiger charge is -2.25. The third-order valence-corrected chi connectivity index (χ3v) is 4.12.